The fourth-order valence-corrected chi connectivity index (χ4v) is 2.73. The smallest absolute Gasteiger partial charge is 0.252 e. The molecule has 1 unspecified atom stereocenters. The minimum absolute atomic E-state index is 0.112. The van der Waals surface area contributed by atoms with Crippen molar-refractivity contribution in [2.45, 2.75) is 39.7 Å². The number of fused-ring (bicyclic) bond motifs is 1. The van der Waals surface area contributed by atoms with E-state index in [1.54, 1.807) is 6.07 Å². The Labute approximate surface area is 143 Å². The van der Waals surface area contributed by atoms with Crippen molar-refractivity contribution >= 4 is 22.6 Å². The van der Waals surface area contributed by atoms with Crippen LogP contribution in [-0.2, 0) is 4.79 Å². The first-order valence-corrected chi connectivity index (χ1v) is 8.59. The van der Waals surface area contributed by atoms with E-state index in [4.69, 9.17) is 0 Å². The van der Waals surface area contributed by atoms with Gasteiger partial charge in [0.2, 0.25) is 5.91 Å². The largest absolute Gasteiger partial charge is 0.354 e. The molecule has 0 saturated carbocycles. The van der Waals surface area contributed by atoms with Gasteiger partial charge in [0.25, 0.3) is 5.91 Å². The van der Waals surface area contributed by atoms with E-state index in [9.17, 15) is 9.59 Å². The van der Waals surface area contributed by atoms with Gasteiger partial charge in [0.15, 0.2) is 0 Å². The van der Waals surface area contributed by atoms with Gasteiger partial charge >= 0.3 is 0 Å². The van der Waals surface area contributed by atoms with Gasteiger partial charge < -0.3 is 10.6 Å². The van der Waals surface area contributed by atoms with Crippen molar-refractivity contribution in [3.8, 4) is 0 Å². The molecule has 0 radical (unpaired) electrons. The first kappa shape index (κ1) is 18.0. The number of hydrogen-bond donors (Lipinski definition) is 2. The van der Waals surface area contributed by atoms with Gasteiger partial charge in [0, 0.05) is 12.1 Å². The van der Waals surface area contributed by atoms with Crippen LogP contribution in [0.15, 0.2) is 42.5 Å². The zero-order valence-corrected chi connectivity index (χ0v) is 14.6. The average Bonchev–Trinajstić information content (AvgIpc) is 2.58. The first-order chi connectivity index (χ1) is 11.5. The zero-order valence-electron chi connectivity index (χ0n) is 14.6. The fourth-order valence-electron chi connectivity index (χ4n) is 2.73. The molecule has 0 aromatic heterocycles. The van der Waals surface area contributed by atoms with Crippen molar-refractivity contribution in [1.29, 1.82) is 0 Å². The highest BCUT2D eigenvalue weighted by atomic mass is 16.2. The van der Waals surface area contributed by atoms with Crippen molar-refractivity contribution < 1.29 is 9.59 Å². The molecule has 0 saturated heterocycles. The van der Waals surface area contributed by atoms with Crippen LogP contribution < -0.4 is 10.6 Å². The average molecular weight is 326 g/mol. The van der Waals surface area contributed by atoms with Crippen LogP contribution in [0.25, 0.3) is 10.8 Å². The van der Waals surface area contributed by atoms with Crippen molar-refractivity contribution in [3.63, 3.8) is 0 Å². The van der Waals surface area contributed by atoms with E-state index >= 15 is 0 Å². The molecule has 2 amide bonds. The molecule has 0 aliphatic rings. The van der Waals surface area contributed by atoms with E-state index in [1.165, 1.54) is 0 Å². The van der Waals surface area contributed by atoms with Crippen LogP contribution in [0.2, 0.25) is 0 Å². The molecule has 4 nitrogen and oxygen atoms in total. The Balaban J connectivity index is 2.21. The second-order valence-electron chi connectivity index (χ2n) is 6.47. The third-order valence-corrected chi connectivity index (χ3v) is 3.91. The molecule has 0 aliphatic carbocycles. The van der Waals surface area contributed by atoms with Crippen LogP contribution in [0, 0.1) is 5.92 Å². The minimum Gasteiger partial charge on any atom is -0.354 e. The molecule has 0 bridgehead atoms. The van der Waals surface area contributed by atoms with Crippen molar-refractivity contribution in [1.82, 2.24) is 10.6 Å². The van der Waals surface area contributed by atoms with Gasteiger partial charge in [-0.05, 0) is 35.6 Å². The van der Waals surface area contributed by atoms with Gasteiger partial charge in [-0.1, -0.05) is 57.2 Å². The number of carbonyl (C=O) groups is 2. The van der Waals surface area contributed by atoms with Crippen LogP contribution in [0.1, 0.15) is 44.0 Å². The highest BCUT2D eigenvalue weighted by Gasteiger charge is 2.22. The quantitative estimate of drug-likeness (QED) is 0.818. The predicted molar refractivity (Wildman–Crippen MR) is 98.0 cm³/mol. The van der Waals surface area contributed by atoms with Gasteiger partial charge in [-0.3, -0.25) is 9.59 Å². The normalized spacial score (nSPS) is 12.2. The van der Waals surface area contributed by atoms with E-state index < -0.39 is 6.04 Å². The molecule has 2 N–H and O–H groups in total. The van der Waals surface area contributed by atoms with Gasteiger partial charge in [0.1, 0.15) is 6.04 Å². The monoisotopic (exact) mass is 326 g/mol. The number of rotatable bonds is 7. The summed E-state index contributed by atoms with van der Waals surface area (Å²) in [7, 11) is 0. The molecule has 24 heavy (non-hydrogen) atoms. The highest BCUT2D eigenvalue weighted by Crippen LogP contribution is 2.19. The van der Waals surface area contributed by atoms with Gasteiger partial charge in [-0.2, -0.15) is 0 Å². The Bertz CT molecular complexity index is 704. The second-order valence-corrected chi connectivity index (χ2v) is 6.47. The van der Waals surface area contributed by atoms with E-state index in [1.807, 2.05) is 57.2 Å². The number of benzene rings is 2. The maximum Gasteiger partial charge on any atom is 0.252 e. The minimum atomic E-state index is -0.511. The number of hydrogen-bond acceptors (Lipinski definition) is 2. The molecule has 4 heteroatoms. The molecule has 0 heterocycles. The number of nitrogens with one attached hydrogen (secondary N) is 2. The van der Waals surface area contributed by atoms with E-state index in [0.717, 1.165) is 17.2 Å². The lowest BCUT2D eigenvalue weighted by Crippen LogP contribution is -2.47. The van der Waals surface area contributed by atoms with E-state index in [-0.39, 0.29) is 11.8 Å². The van der Waals surface area contributed by atoms with Gasteiger partial charge in [-0.25, -0.2) is 0 Å². The van der Waals surface area contributed by atoms with Crippen LogP contribution >= 0.6 is 0 Å². The SMILES string of the molecule is CCCNC(=O)C(CC(C)C)NC(=O)c1cccc2ccccc12. The van der Waals surface area contributed by atoms with E-state index in [2.05, 4.69) is 10.6 Å². The lowest BCUT2D eigenvalue weighted by Gasteiger charge is -2.20. The Morgan fingerprint density at radius 3 is 2.46 bits per heavy atom. The summed E-state index contributed by atoms with van der Waals surface area (Å²) in [6.45, 7) is 6.72. The summed E-state index contributed by atoms with van der Waals surface area (Å²) in [5.41, 5.74) is 0.602. The molecule has 0 fully saturated rings. The number of amides is 2. The summed E-state index contributed by atoms with van der Waals surface area (Å²) in [6.07, 6.45) is 1.49. The van der Waals surface area contributed by atoms with Crippen molar-refractivity contribution in [2.24, 2.45) is 5.92 Å². The second kappa shape index (κ2) is 8.48. The van der Waals surface area contributed by atoms with Crippen molar-refractivity contribution in [3.05, 3.63) is 48.0 Å². The molecule has 2 aromatic carbocycles. The van der Waals surface area contributed by atoms with Crippen LogP contribution in [0.4, 0.5) is 0 Å². The summed E-state index contributed by atoms with van der Waals surface area (Å²) < 4.78 is 0. The highest BCUT2D eigenvalue weighted by molar-refractivity contribution is 6.08. The molecule has 0 aliphatic heterocycles. The van der Waals surface area contributed by atoms with Crippen molar-refractivity contribution in [2.75, 3.05) is 6.54 Å². The zero-order chi connectivity index (χ0) is 17.5. The summed E-state index contributed by atoms with van der Waals surface area (Å²) in [5.74, 6) is -0.00145. The number of carbonyl (C=O) groups excluding carboxylic acids is 2. The Kier molecular flexibility index (Phi) is 6.36. The molecule has 1 atom stereocenters. The molecule has 2 aromatic rings. The topological polar surface area (TPSA) is 58.2 Å². The Morgan fingerprint density at radius 2 is 1.75 bits per heavy atom. The predicted octanol–water partition coefficient (Wildman–Crippen LogP) is 3.51. The first-order valence-electron chi connectivity index (χ1n) is 8.59. The van der Waals surface area contributed by atoms with E-state index in [0.29, 0.717) is 24.4 Å². The molecule has 2 rings (SSSR count). The standard InChI is InChI=1S/C20H26N2O2/c1-4-12-21-20(24)18(13-14(2)3)22-19(23)17-11-7-9-15-8-5-6-10-16(15)17/h5-11,14,18H,4,12-13H2,1-3H3,(H,21,24)(H,22,23). The molecular weight excluding hydrogens is 300 g/mol. The summed E-state index contributed by atoms with van der Waals surface area (Å²) in [5, 5.41) is 7.71. The van der Waals surface area contributed by atoms with Gasteiger partial charge in [-0.15, -0.1) is 0 Å². The third kappa shape index (κ3) is 4.57. The van der Waals surface area contributed by atoms with Gasteiger partial charge in [0.05, 0.1) is 0 Å². The summed E-state index contributed by atoms with van der Waals surface area (Å²) >= 11 is 0. The summed E-state index contributed by atoms with van der Waals surface area (Å²) in [6, 6.07) is 12.9. The van der Waals surface area contributed by atoms with Crippen LogP contribution in [-0.4, -0.2) is 24.4 Å². The molecule has 0 spiro atoms. The lowest BCUT2D eigenvalue weighted by atomic mass is 10.0. The maximum atomic E-state index is 12.7. The Hall–Kier alpha value is -2.36. The lowest BCUT2D eigenvalue weighted by molar-refractivity contribution is -0.123. The molecule has 128 valence electrons. The fraction of sp³-hybridized carbons (Fsp3) is 0.400. The van der Waals surface area contributed by atoms with Crippen LogP contribution in [0.5, 0.6) is 0 Å². The van der Waals surface area contributed by atoms with Crippen LogP contribution in [0.3, 0.4) is 0 Å². The Morgan fingerprint density at radius 1 is 1.04 bits per heavy atom. The maximum absolute atomic E-state index is 12.7. The third-order valence-electron chi connectivity index (χ3n) is 3.91. The molecular formula is C20H26N2O2. The summed E-state index contributed by atoms with van der Waals surface area (Å²) in [4.78, 5) is 25.1.